The molecular formula is C24H29N5O. The standard InChI is InChI=1S/C24H29N5O/c30-23-19(16-28-9-3-4-10-28)13-21(14-20(23)17-29-11-5-6-12-29)26-24-25-15-18-7-1-2-8-22(18)27-24/h1-2,7-8,13-15,30H,3-6,9-12,16-17H2,(H,25,26,27). The van der Waals surface area contributed by atoms with Gasteiger partial charge in [0.1, 0.15) is 5.75 Å². The number of likely N-dealkylation sites (tertiary alicyclic amines) is 2. The van der Waals surface area contributed by atoms with Gasteiger partial charge in [0.25, 0.3) is 0 Å². The monoisotopic (exact) mass is 403 g/mol. The highest BCUT2D eigenvalue weighted by Crippen LogP contribution is 2.32. The number of aromatic nitrogens is 2. The molecule has 2 N–H and O–H groups in total. The van der Waals surface area contributed by atoms with E-state index in [0.717, 1.165) is 67.0 Å². The first-order valence-electron chi connectivity index (χ1n) is 11.0. The van der Waals surface area contributed by atoms with Gasteiger partial charge in [0.05, 0.1) is 5.52 Å². The van der Waals surface area contributed by atoms with E-state index in [2.05, 4.69) is 37.2 Å². The van der Waals surface area contributed by atoms with Crippen LogP contribution in [-0.2, 0) is 13.1 Å². The molecule has 0 spiro atoms. The van der Waals surface area contributed by atoms with Gasteiger partial charge in [0, 0.05) is 41.5 Å². The van der Waals surface area contributed by atoms with Crippen LogP contribution in [0.5, 0.6) is 5.75 Å². The molecule has 0 aliphatic carbocycles. The number of anilines is 2. The Morgan fingerprint density at radius 3 is 2.10 bits per heavy atom. The van der Waals surface area contributed by atoms with Crippen LogP contribution in [-0.4, -0.2) is 51.1 Å². The maximum Gasteiger partial charge on any atom is 0.227 e. The zero-order valence-corrected chi connectivity index (χ0v) is 17.3. The summed E-state index contributed by atoms with van der Waals surface area (Å²) in [6.45, 7) is 5.98. The van der Waals surface area contributed by atoms with Gasteiger partial charge >= 0.3 is 0 Å². The molecule has 0 unspecified atom stereocenters. The second kappa shape index (κ2) is 8.58. The Morgan fingerprint density at radius 2 is 1.47 bits per heavy atom. The Morgan fingerprint density at radius 1 is 0.867 bits per heavy atom. The van der Waals surface area contributed by atoms with Crippen molar-refractivity contribution >= 4 is 22.5 Å². The minimum Gasteiger partial charge on any atom is -0.507 e. The summed E-state index contributed by atoms with van der Waals surface area (Å²) in [5.74, 6) is 1.03. The van der Waals surface area contributed by atoms with Crippen LogP contribution < -0.4 is 5.32 Å². The molecule has 5 rings (SSSR count). The molecule has 2 saturated heterocycles. The fourth-order valence-corrected chi connectivity index (χ4v) is 4.60. The van der Waals surface area contributed by atoms with Crippen LogP contribution in [0.3, 0.4) is 0 Å². The van der Waals surface area contributed by atoms with E-state index in [1.165, 1.54) is 25.7 Å². The summed E-state index contributed by atoms with van der Waals surface area (Å²) >= 11 is 0. The number of rotatable bonds is 6. The molecule has 2 aliphatic heterocycles. The lowest BCUT2D eigenvalue weighted by Gasteiger charge is -2.21. The average Bonchev–Trinajstić information content (AvgIpc) is 3.46. The van der Waals surface area contributed by atoms with Gasteiger partial charge < -0.3 is 10.4 Å². The van der Waals surface area contributed by atoms with E-state index in [-0.39, 0.29) is 0 Å². The number of fused-ring (bicyclic) bond motifs is 1. The molecular weight excluding hydrogens is 374 g/mol. The van der Waals surface area contributed by atoms with E-state index in [9.17, 15) is 5.11 Å². The van der Waals surface area contributed by atoms with Crippen molar-refractivity contribution in [2.75, 3.05) is 31.5 Å². The first-order valence-corrected chi connectivity index (χ1v) is 11.0. The predicted octanol–water partition coefficient (Wildman–Crippen LogP) is 4.27. The molecule has 1 aromatic heterocycles. The van der Waals surface area contributed by atoms with Gasteiger partial charge in [-0.05, 0) is 70.1 Å². The minimum atomic E-state index is 0.443. The molecule has 3 heterocycles. The summed E-state index contributed by atoms with van der Waals surface area (Å²) in [5, 5.41) is 15.4. The van der Waals surface area contributed by atoms with E-state index in [4.69, 9.17) is 0 Å². The molecule has 2 fully saturated rings. The lowest BCUT2D eigenvalue weighted by Crippen LogP contribution is -2.20. The average molecular weight is 404 g/mol. The quantitative estimate of drug-likeness (QED) is 0.599. The number of nitrogens with one attached hydrogen (secondary N) is 1. The van der Waals surface area contributed by atoms with Crippen LogP contribution in [0, 0.1) is 0 Å². The van der Waals surface area contributed by atoms with Crippen molar-refractivity contribution in [1.29, 1.82) is 0 Å². The van der Waals surface area contributed by atoms with Gasteiger partial charge in [-0.15, -0.1) is 0 Å². The molecule has 6 nitrogen and oxygen atoms in total. The highest BCUT2D eigenvalue weighted by molar-refractivity contribution is 5.79. The molecule has 0 saturated carbocycles. The lowest BCUT2D eigenvalue weighted by molar-refractivity contribution is 0.312. The maximum atomic E-state index is 11.0. The fraction of sp³-hybridized carbons (Fsp3) is 0.417. The van der Waals surface area contributed by atoms with E-state index in [1.54, 1.807) is 0 Å². The second-order valence-corrected chi connectivity index (χ2v) is 8.49. The number of hydrogen-bond donors (Lipinski definition) is 2. The van der Waals surface area contributed by atoms with Crippen LogP contribution in [0.2, 0.25) is 0 Å². The van der Waals surface area contributed by atoms with Gasteiger partial charge in [-0.2, -0.15) is 0 Å². The first kappa shape index (κ1) is 19.3. The largest absolute Gasteiger partial charge is 0.507 e. The summed E-state index contributed by atoms with van der Waals surface area (Å²) in [7, 11) is 0. The SMILES string of the molecule is Oc1c(CN2CCCC2)cc(Nc2ncc3ccccc3n2)cc1CN1CCCC1. The number of phenols is 1. The van der Waals surface area contributed by atoms with Gasteiger partial charge in [-0.1, -0.05) is 18.2 Å². The van der Waals surface area contributed by atoms with Crippen molar-refractivity contribution in [3.63, 3.8) is 0 Å². The molecule has 3 aromatic rings. The maximum absolute atomic E-state index is 11.0. The molecule has 0 atom stereocenters. The number of para-hydroxylation sites is 1. The van der Waals surface area contributed by atoms with Crippen molar-refractivity contribution in [3.05, 3.63) is 53.7 Å². The Kier molecular flexibility index (Phi) is 5.51. The van der Waals surface area contributed by atoms with Crippen molar-refractivity contribution in [2.24, 2.45) is 0 Å². The Hall–Kier alpha value is -2.70. The van der Waals surface area contributed by atoms with Crippen LogP contribution in [0.25, 0.3) is 10.9 Å². The summed E-state index contributed by atoms with van der Waals surface area (Å²) in [4.78, 5) is 14.0. The first-order chi connectivity index (χ1) is 14.7. The number of nitrogens with zero attached hydrogens (tertiary/aromatic N) is 4. The summed E-state index contributed by atoms with van der Waals surface area (Å²) < 4.78 is 0. The molecule has 30 heavy (non-hydrogen) atoms. The number of aromatic hydroxyl groups is 1. The zero-order valence-electron chi connectivity index (χ0n) is 17.3. The van der Waals surface area contributed by atoms with Crippen molar-refractivity contribution in [1.82, 2.24) is 19.8 Å². The molecule has 156 valence electrons. The number of benzene rings is 2. The topological polar surface area (TPSA) is 64.5 Å². The molecule has 0 amide bonds. The van der Waals surface area contributed by atoms with Gasteiger partial charge in [-0.3, -0.25) is 9.80 Å². The molecule has 6 heteroatoms. The summed E-state index contributed by atoms with van der Waals surface area (Å²) in [6.07, 6.45) is 6.81. The van der Waals surface area contributed by atoms with Crippen LogP contribution in [0.4, 0.5) is 11.6 Å². The Bertz CT molecular complexity index is 986. The highest BCUT2D eigenvalue weighted by Gasteiger charge is 2.19. The molecule has 2 aliphatic rings. The van der Waals surface area contributed by atoms with E-state index in [1.807, 2.05) is 30.5 Å². The molecule has 0 bridgehead atoms. The van der Waals surface area contributed by atoms with Crippen molar-refractivity contribution in [3.8, 4) is 5.75 Å². The third kappa shape index (κ3) is 4.25. The Labute approximate surface area is 177 Å². The summed E-state index contributed by atoms with van der Waals surface area (Å²) in [5.41, 5.74) is 3.82. The van der Waals surface area contributed by atoms with Gasteiger partial charge in [0.2, 0.25) is 5.95 Å². The normalized spacial score (nSPS) is 17.7. The van der Waals surface area contributed by atoms with E-state index < -0.39 is 0 Å². The van der Waals surface area contributed by atoms with Crippen LogP contribution >= 0.6 is 0 Å². The second-order valence-electron chi connectivity index (χ2n) is 8.49. The third-order valence-corrected chi connectivity index (χ3v) is 6.20. The number of hydrogen-bond acceptors (Lipinski definition) is 6. The summed E-state index contributed by atoms with van der Waals surface area (Å²) in [6, 6.07) is 12.1. The van der Waals surface area contributed by atoms with Crippen LogP contribution in [0.15, 0.2) is 42.6 Å². The highest BCUT2D eigenvalue weighted by atomic mass is 16.3. The van der Waals surface area contributed by atoms with Gasteiger partial charge in [-0.25, -0.2) is 9.97 Å². The minimum absolute atomic E-state index is 0.443. The molecule has 2 aromatic carbocycles. The molecule has 0 radical (unpaired) electrons. The Balaban J connectivity index is 1.45. The van der Waals surface area contributed by atoms with E-state index in [0.29, 0.717) is 11.7 Å². The van der Waals surface area contributed by atoms with Crippen LogP contribution in [0.1, 0.15) is 36.8 Å². The van der Waals surface area contributed by atoms with E-state index >= 15 is 0 Å². The smallest absolute Gasteiger partial charge is 0.227 e. The van der Waals surface area contributed by atoms with Gasteiger partial charge in [0.15, 0.2) is 0 Å². The van der Waals surface area contributed by atoms with Crippen molar-refractivity contribution in [2.45, 2.75) is 38.8 Å². The zero-order chi connectivity index (χ0) is 20.3. The lowest BCUT2D eigenvalue weighted by atomic mass is 10.1. The fourth-order valence-electron chi connectivity index (χ4n) is 4.60. The van der Waals surface area contributed by atoms with Crippen molar-refractivity contribution < 1.29 is 5.11 Å². The predicted molar refractivity (Wildman–Crippen MR) is 120 cm³/mol. The third-order valence-electron chi connectivity index (χ3n) is 6.20. The number of phenolic OH excluding ortho intramolecular Hbond substituents is 1.